The molecule has 3 nitrogen and oxygen atoms in total. The van der Waals surface area contributed by atoms with Crippen LogP contribution in [0.25, 0.3) is 0 Å². The summed E-state index contributed by atoms with van der Waals surface area (Å²) in [6.07, 6.45) is -5.11. The molecule has 0 spiro atoms. The Hall–Kier alpha value is -1.72. The fraction of sp³-hybridized carbons (Fsp3) is 0.222. The van der Waals surface area contributed by atoms with Gasteiger partial charge in [0.25, 0.3) is 0 Å². The van der Waals surface area contributed by atoms with Crippen molar-refractivity contribution in [3.8, 4) is 5.75 Å². The molecule has 1 aromatic carbocycles. The van der Waals surface area contributed by atoms with E-state index in [1.54, 1.807) is 0 Å². The lowest BCUT2D eigenvalue weighted by molar-refractivity contribution is -0.137. The largest absolute Gasteiger partial charge is 0.416 e. The van der Waals surface area contributed by atoms with Crippen molar-refractivity contribution >= 4 is 6.09 Å². The van der Waals surface area contributed by atoms with Crippen molar-refractivity contribution in [3.63, 3.8) is 0 Å². The predicted octanol–water partition coefficient (Wildman–Crippen LogP) is 2.42. The third kappa shape index (κ3) is 3.16. The van der Waals surface area contributed by atoms with Gasteiger partial charge in [-0.25, -0.2) is 4.79 Å². The molecule has 0 aromatic heterocycles. The van der Waals surface area contributed by atoms with Crippen LogP contribution in [0.1, 0.15) is 5.56 Å². The number of hydrogen-bond acceptors (Lipinski definition) is 2. The molecule has 0 saturated heterocycles. The molecule has 15 heavy (non-hydrogen) atoms. The van der Waals surface area contributed by atoms with Crippen LogP contribution in [0.4, 0.5) is 18.0 Å². The second-order valence-electron chi connectivity index (χ2n) is 2.66. The third-order valence-electron chi connectivity index (χ3n) is 1.60. The van der Waals surface area contributed by atoms with E-state index >= 15 is 0 Å². The molecule has 1 rings (SSSR count). The SMILES string of the molecule is CNC(=O)Oc1ccc(C(F)(F)F)cc1. The monoisotopic (exact) mass is 219 g/mol. The summed E-state index contributed by atoms with van der Waals surface area (Å²) in [5.41, 5.74) is -0.785. The lowest BCUT2D eigenvalue weighted by Crippen LogP contribution is -2.22. The topological polar surface area (TPSA) is 38.3 Å². The molecular formula is C9H8F3NO2. The minimum atomic E-state index is -4.38. The smallest absolute Gasteiger partial charge is 0.410 e. The third-order valence-corrected chi connectivity index (χ3v) is 1.60. The molecular weight excluding hydrogens is 211 g/mol. The predicted molar refractivity (Wildman–Crippen MR) is 46.5 cm³/mol. The molecule has 0 aliphatic heterocycles. The van der Waals surface area contributed by atoms with Gasteiger partial charge in [0.15, 0.2) is 0 Å². The minimum Gasteiger partial charge on any atom is -0.410 e. The second-order valence-corrected chi connectivity index (χ2v) is 2.66. The summed E-state index contributed by atoms with van der Waals surface area (Å²) >= 11 is 0. The van der Waals surface area contributed by atoms with Crippen LogP contribution in [-0.4, -0.2) is 13.1 Å². The van der Waals surface area contributed by atoms with Gasteiger partial charge in [-0.2, -0.15) is 13.2 Å². The van der Waals surface area contributed by atoms with E-state index in [0.717, 1.165) is 24.3 Å². The Bertz CT molecular complexity index is 345. The number of alkyl halides is 3. The van der Waals surface area contributed by atoms with Crippen molar-refractivity contribution in [1.82, 2.24) is 5.32 Å². The first-order valence-electron chi connectivity index (χ1n) is 4.00. The molecule has 0 radical (unpaired) electrons. The van der Waals surface area contributed by atoms with Gasteiger partial charge in [-0.15, -0.1) is 0 Å². The molecule has 0 unspecified atom stereocenters. The molecule has 0 fully saturated rings. The molecule has 0 atom stereocenters. The van der Waals surface area contributed by atoms with Crippen molar-refractivity contribution < 1.29 is 22.7 Å². The molecule has 0 aliphatic carbocycles. The first-order chi connectivity index (χ1) is 6.93. The minimum absolute atomic E-state index is 0.0577. The van der Waals surface area contributed by atoms with Gasteiger partial charge in [0.05, 0.1) is 5.56 Å². The van der Waals surface area contributed by atoms with E-state index in [2.05, 4.69) is 10.1 Å². The lowest BCUT2D eigenvalue weighted by atomic mass is 10.2. The number of benzene rings is 1. The first kappa shape index (κ1) is 11.4. The van der Waals surface area contributed by atoms with Crippen molar-refractivity contribution in [2.45, 2.75) is 6.18 Å². The summed E-state index contributed by atoms with van der Waals surface area (Å²) in [4.78, 5) is 10.7. The van der Waals surface area contributed by atoms with E-state index in [0.29, 0.717) is 0 Å². The maximum atomic E-state index is 12.1. The van der Waals surface area contributed by atoms with E-state index < -0.39 is 17.8 Å². The van der Waals surface area contributed by atoms with Crippen molar-refractivity contribution in [1.29, 1.82) is 0 Å². The highest BCUT2D eigenvalue weighted by molar-refractivity contribution is 5.69. The van der Waals surface area contributed by atoms with Gasteiger partial charge >= 0.3 is 12.3 Å². The van der Waals surface area contributed by atoms with Gasteiger partial charge < -0.3 is 10.1 Å². The number of nitrogens with one attached hydrogen (secondary N) is 1. The lowest BCUT2D eigenvalue weighted by Gasteiger charge is -2.07. The zero-order chi connectivity index (χ0) is 11.5. The Labute approximate surface area is 83.8 Å². The average Bonchev–Trinajstić information content (AvgIpc) is 2.17. The van der Waals surface area contributed by atoms with Crippen LogP contribution in [0.15, 0.2) is 24.3 Å². The Kier molecular flexibility index (Phi) is 3.18. The fourth-order valence-electron chi connectivity index (χ4n) is 0.870. The standard InChI is InChI=1S/C9H8F3NO2/c1-13-8(14)15-7-4-2-6(3-5-7)9(10,11)12/h2-5H,1H3,(H,13,14). The summed E-state index contributed by atoms with van der Waals surface area (Å²) in [6.45, 7) is 0. The average molecular weight is 219 g/mol. The van der Waals surface area contributed by atoms with Crippen molar-refractivity contribution in [2.24, 2.45) is 0 Å². The molecule has 0 bridgehead atoms. The van der Waals surface area contributed by atoms with Crippen molar-refractivity contribution in [3.05, 3.63) is 29.8 Å². The quantitative estimate of drug-likeness (QED) is 0.787. The highest BCUT2D eigenvalue weighted by Crippen LogP contribution is 2.30. The summed E-state index contributed by atoms with van der Waals surface area (Å²) in [5.74, 6) is 0.0577. The summed E-state index contributed by atoms with van der Waals surface area (Å²) in [5, 5.41) is 2.17. The zero-order valence-corrected chi connectivity index (χ0v) is 7.76. The maximum Gasteiger partial charge on any atom is 0.416 e. The molecule has 0 heterocycles. The number of ether oxygens (including phenoxy) is 1. The first-order valence-corrected chi connectivity index (χ1v) is 4.00. The van der Waals surface area contributed by atoms with Gasteiger partial charge in [-0.05, 0) is 24.3 Å². The summed E-state index contributed by atoms with van der Waals surface area (Å²) < 4.78 is 41.0. The summed E-state index contributed by atoms with van der Waals surface area (Å²) in [6, 6.07) is 3.85. The fourth-order valence-corrected chi connectivity index (χ4v) is 0.870. The van der Waals surface area contributed by atoms with E-state index in [1.165, 1.54) is 7.05 Å². The zero-order valence-electron chi connectivity index (χ0n) is 7.76. The van der Waals surface area contributed by atoms with Gasteiger partial charge in [0.1, 0.15) is 5.75 Å². The van der Waals surface area contributed by atoms with Crippen LogP contribution >= 0.6 is 0 Å². The van der Waals surface area contributed by atoms with Crippen LogP contribution in [0.3, 0.4) is 0 Å². The second kappa shape index (κ2) is 4.20. The Morgan fingerprint density at radius 1 is 1.27 bits per heavy atom. The molecule has 1 aromatic rings. The van der Waals surface area contributed by atoms with Gasteiger partial charge in [-0.3, -0.25) is 0 Å². The number of hydrogen-bond donors (Lipinski definition) is 1. The van der Waals surface area contributed by atoms with Crippen molar-refractivity contribution in [2.75, 3.05) is 7.05 Å². The van der Waals surface area contributed by atoms with Gasteiger partial charge in [0.2, 0.25) is 0 Å². The number of halogens is 3. The van der Waals surface area contributed by atoms with E-state index in [-0.39, 0.29) is 5.75 Å². The van der Waals surface area contributed by atoms with E-state index in [1.807, 2.05) is 0 Å². The van der Waals surface area contributed by atoms with Crippen LogP contribution in [0, 0.1) is 0 Å². The number of carbonyl (C=O) groups is 1. The molecule has 0 saturated carbocycles. The number of carbonyl (C=O) groups excluding carboxylic acids is 1. The normalized spacial score (nSPS) is 10.9. The molecule has 0 aliphatic rings. The van der Waals surface area contributed by atoms with Crippen LogP contribution < -0.4 is 10.1 Å². The molecule has 1 N–H and O–H groups in total. The maximum absolute atomic E-state index is 12.1. The molecule has 1 amide bonds. The van der Waals surface area contributed by atoms with Crippen LogP contribution in [-0.2, 0) is 6.18 Å². The number of amides is 1. The number of rotatable bonds is 1. The van der Waals surface area contributed by atoms with E-state index in [9.17, 15) is 18.0 Å². The van der Waals surface area contributed by atoms with Gasteiger partial charge in [-0.1, -0.05) is 0 Å². The summed E-state index contributed by atoms with van der Waals surface area (Å²) in [7, 11) is 1.35. The highest BCUT2D eigenvalue weighted by atomic mass is 19.4. The Balaban J connectivity index is 2.77. The van der Waals surface area contributed by atoms with Gasteiger partial charge in [0, 0.05) is 7.05 Å². The molecule has 82 valence electrons. The Morgan fingerprint density at radius 2 is 1.80 bits per heavy atom. The van der Waals surface area contributed by atoms with Crippen LogP contribution in [0.5, 0.6) is 5.75 Å². The highest BCUT2D eigenvalue weighted by Gasteiger charge is 2.30. The van der Waals surface area contributed by atoms with E-state index in [4.69, 9.17) is 0 Å². The molecule has 6 heteroatoms. The van der Waals surface area contributed by atoms with Crippen LogP contribution in [0.2, 0.25) is 0 Å². The Morgan fingerprint density at radius 3 is 2.20 bits per heavy atom.